The maximum absolute atomic E-state index is 10.3. The monoisotopic (exact) mass is 210 g/mol. The highest BCUT2D eigenvalue weighted by Gasteiger charge is 2.10. The standard InChI is InChI=1S/C8H6N2O3S/c1-4-5(13-8(11)12)2-3-6-7(4)9-10-14-6/h2-3H,1H3,(H,11,12). The Labute approximate surface area is 83.1 Å². The highest BCUT2D eigenvalue weighted by atomic mass is 32.1. The largest absolute Gasteiger partial charge is 0.511 e. The predicted molar refractivity (Wildman–Crippen MR) is 50.8 cm³/mol. The van der Waals surface area contributed by atoms with Gasteiger partial charge in [0.05, 0.1) is 4.70 Å². The molecule has 72 valence electrons. The average Bonchev–Trinajstić information content (AvgIpc) is 2.57. The highest BCUT2D eigenvalue weighted by Crippen LogP contribution is 2.27. The van der Waals surface area contributed by atoms with Crippen LogP contribution in [0.2, 0.25) is 0 Å². The van der Waals surface area contributed by atoms with Gasteiger partial charge in [0.2, 0.25) is 0 Å². The smallest absolute Gasteiger partial charge is 0.449 e. The molecule has 0 fully saturated rings. The number of nitrogens with zero attached hydrogens (tertiary/aromatic N) is 2. The molecule has 1 N–H and O–H groups in total. The molecule has 2 rings (SSSR count). The van der Waals surface area contributed by atoms with Gasteiger partial charge in [0.25, 0.3) is 0 Å². The summed E-state index contributed by atoms with van der Waals surface area (Å²) in [5.74, 6) is 0.303. The molecule has 1 aromatic heterocycles. The topological polar surface area (TPSA) is 72.3 Å². The summed E-state index contributed by atoms with van der Waals surface area (Å²) in [4.78, 5) is 10.3. The number of aromatic nitrogens is 2. The number of ether oxygens (including phenoxy) is 1. The van der Waals surface area contributed by atoms with Crippen LogP contribution in [0.25, 0.3) is 10.2 Å². The summed E-state index contributed by atoms with van der Waals surface area (Å²) in [5, 5.41) is 12.3. The van der Waals surface area contributed by atoms with E-state index >= 15 is 0 Å². The Morgan fingerprint density at radius 1 is 1.57 bits per heavy atom. The maximum Gasteiger partial charge on any atom is 0.511 e. The first-order valence-electron chi connectivity index (χ1n) is 3.81. The fourth-order valence-electron chi connectivity index (χ4n) is 1.16. The van der Waals surface area contributed by atoms with Crippen molar-refractivity contribution in [3.63, 3.8) is 0 Å². The highest BCUT2D eigenvalue weighted by molar-refractivity contribution is 7.12. The van der Waals surface area contributed by atoms with E-state index in [1.807, 2.05) is 0 Å². The van der Waals surface area contributed by atoms with Crippen LogP contribution < -0.4 is 4.74 Å². The fraction of sp³-hybridized carbons (Fsp3) is 0.125. The number of carboxylic acid groups (broad SMARTS) is 1. The summed E-state index contributed by atoms with van der Waals surface area (Å²) in [5.41, 5.74) is 1.38. The van der Waals surface area contributed by atoms with Crippen LogP contribution in [0.15, 0.2) is 12.1 Å². The number of carbonyl (C=O) groups is 1. The zero-order valence-corrected chi connectivity index (χ0v) is 8.04. The van der Waals surface area contributed by atoms with Crippen LogP contribution in [0.3, 0.4) is 0 Å². The zero-order chi connectivity index (χ0) is 10.1. The van der Waals surface area contributed by atoms with E-state index in [1.54, 1.807) is 19.1 Å². The van der Waals surface area contributed by atoms with Gasteiger partial charge in [-0.1, -0.05) is 4.49 Å². The molecule has 0 spiro atoms. The van der Waals surface area contributed by atoms with E-state index in [0.29, 0.717) is 16.8 Å². The Kier molecular flexibility index (Phi) is 2.05. The van der Waals surface area contributed by atoms with Crippen LogP contribution in [-0.2, 0) is 0 Å². The molecule has 0 saturated carbocycles. The molecule has 5 nitrogen and oxygen atoms in total. The lowest BCUT2D eigenvalue weighted by atomic mass is 10.2. The van der Waals surface area contributed by atoms with Crippen molar-refractivity contribution in [3.8, 4) is 5.75 Å². The second-order valence-corrected chi connectivity index (χ2v) is 3.46. The van der Waals surface area contributed by atoms with Crippen LogP contribution in [0.5, 0.6) is 5.75 Å². The second kappa shape index (κ2) is 3.22. The van der Waals surface area contributed by atoms with Gasteiger partial charge in [-0.15, -0.1) is 5.10 Å². The molecule has 1 heterocycles. The third-order valence-electron chi connectivity index (χ3n) is 1.82. The van der Waals surface area contributed by atoms with Crippen molar-refractivity contribution < 1.29 is 14.6 Å². The van der Waals surface area contributed by atoms with E-state index in [4.69, 9.17) is 5.11 Å². The van der Waals surface area contributed by atoms with Crippen molar-refractivity contribution in [3.05, 3.63) is 17.7 Å². The van der Waals surface area contributed by atoms with Gasteiger partial charge in [0.15, 0.2) is 0 Å². The van der Waals surface area contributed by atoms with Crippen molar-refractivity contribution in [2.75, 3.05) is 0 Å². The summed E-state index contributed by atoms with van der Waals surface area (Å²) < 4.78 is 9.26. The molecule has 14 heavy (non-hydrogen) atoms. The summed E-state index contributed by atoms with van der Waals surface area (Å²) in [7, 11) is 0. The Balaban J connectivity index is 2.56. The summed E-state index contributed by atoms with van der Waals surface area (Å²) in [6, 6.07) is 3.34. The lowest BCUT2D eigenvalue weighted by molar-refractivity contribution is 0.144. The van der Waals surface area contributed by atoms with Crippen molar-refractivity contribution in [1.29, 1.82) is 0 Å². The number of aryl methyl sites for hydroxylation is 1. The van der Waals surface area contributed by atoms with Gasteiger partial charge in [0.1, 0.15) is 11.3 Å². The molecule has 0 bridgehead atoms. The SMILES string of the molecule is Cc1c(OC(=O)O)ccc2snnc12. The quantitative estimate of drug-likeness (QED) is 0.576. The lowest BCUT2D eigenvalue weighted by Crippen LogP contribution is -2.04. The van der Waals surface area contributed by atoms with E-state index < -0.39 is 6.16 Å². The molecule has 0 radical (unpaired) electrons. The first kappa shape index (κ1) is 8.89. The van der Waals surface area contributed by atoms with Gasteiger partial charge >= 0.3 is 6.16 Å². The Bertz CT molecular complexity index is 494. The fourth-order valence-corrected chi connectivity index (χ4v) is 1.78. The van der Waals surface area contributed by atoms with E-state index in [2.05, 4.69) is 14.3 Å². The van der Waals surface area contributed by atoms with E-state index in [0.717, 1.165) is 4.70 Å². The maximum atomic E-state index is 10.3. The van der Waals surface area contributed by atoms with Crippen LogP contribution in [0.1, 0.15) is 5.56 Å². The predicted octanol–water partition coefficient (Wildman–Crippen LogP) is 2.06. The van der Waals surface area contributed by atoms with Crippen molar-refractivity contribution in [2.45, 2.75) is 6.92 Å². The molecule has 6 heteroatoms. The Morgan fingerprint density at radius 2 is 2.36 bits per heavy atom. The third-order valence-corrected chi connectivity index (χ3v) is 2.51. The number of hydrogen-bond donors (Lipinski definition) is 1. The number of fused-ring (bicyclic) bond motifs is 1. The van der Waals surface area contributed by atoms with Crippen molar-refractivity contribution >= 4 is 27.9 Å². The van der Waals surface area contributed by atoms with E-state index in [1.165, 1.54) is 11.5 Å². The molecule has 0 amide bonds. The molecular formula is C8H6N2O3S. The summed E-state index contributed by atoms with van der Waals surface area (Å²) in [6.07, 6.45) is -1.32. The van der Waals surface area contributed by atoms with Crippen molar-refractivity contribution in [2.24, 2.45) is 0 Å². The first-order chi connectivity index (χ1) is 6.68. The average molecular weight is 210 g/mol. The van der Waals surface area contributed by atoms with Gasteiger partial charge in [-0.2, -0.15) is 0 Å². The molecule has 0 saturated heterocycles. The first-order valence-corrected chi connectivity index (χ1v) is 4.58. The minimum atomic E-state index is -1.32. The minimum absolute atomic E-state index is 0.303. The normalized spacial score (nSPS) is 10.4. The molecule has 1 aromatic carbocycles. The minimum Gasteiger partial charge on any atom is -0.449 e. The number of benzene rings is 1. The van der Waals surface area contributed by atoms with Crippen LogP contribution in [0.4, 0.5) is 4.79 Å². The third kappa shape index (κ3) is 1.39. The summed E-state index contributed by atoms with van der Waals surface area (Å²) >= 11 is 1.26. The molecule has 0 aliphatic heterocycles. The van der Waals surface area contributed by atoms with Gasteiger partial charge in [-0.25, -0.2) is 4.79 Å². The van der Waals surface area contributed by atoms with Crippen molar-refractivity contribution in [1.82, 2.24) is 9.59 Å². The molecule has 0 aliphatic rings. The summed E-state index contributed by atoms with van der Waals surface area (Å²) in [6.45, 7) is 1.75. The Hall–Kier alpha value is -1.69. The lowest BCUT2D eigenvalue weighted by Gasteiger charge is -2.02. The molecule has 0 atom stereocenters. The molecule has 0 aliphatic carbocycles. The van der Waals surface area contributed by atoms with Crippen LogP contribution >= 0.6 is 11.5 Å². The Morgan fingerprint density at radius 3 is 3.07 bits per heavy atom. The number of hydrogen-bond acceptors (Lipinski definition) is 5. The van der Waals surface area contributed by atoms with Crippen LogP contribution in [0, 0.1) is 6.92 Å². The number of rotatable bonds is 1. The van der Waals surface area contributed by atoms with Gasteiger partial charge in [-0.05, 0) is 30.6 Å². The van der Waals surface area contributed by atoms with Gasteiger partial charge in [0, 0.05) is 5.56 Å². The molecule has 2 aromatic rings. The van der Waals surface area contributed by atoms with E-state index in [9.17, 15) is 4.79 Å². The zero-order valence-electron chi connectivity index (χ0n) is 7.22. The van der Waals surface area contributed by atoms with Gasteiger partial charge < -0.3 is 9.84 Å². The molecular weight excluding hydrogens is 204 g/mol. The van der Waals surface area contributed by atoms with Crippen LogP contribution in [-0.4, -0.2) is 20.8 Å². The van der Waals surface area contributed by atoms with Gasteiger partial charge in [-0.3, -0.25) is 0 Å². The van der Waals surface area contributed by atoms with E-state index in [-0.39, 0.29) is 0 Å². The second-order valence-electron chi connectivity index (χ2n) is 2.68. The molecule has 0 unspecified atom stereocenters.